The predicted octanol–water partition coefficient (Wildman–Crippen LogP) is 3.20. The van der Waals surface area contributed by atoms with Crippen LogP contribution in [0.25, 0.3) is 0 Å². The van der Waals surface area contributed by atoms with E-state index in [1.807, 2.05) is 35.2 Å². The maximum absolute atomic E-state index is 12.3. The summed E-state index contributed by atoms with van der Waals surface area (Å²) < 4.78 is 0. The van der Waals surface area contributed by atoms with E-state index in [-0.39, 0.29) is 17.2 Å². The summed E-state index contributed by atoms with van der Waals surface area (Å²) >= 11 is 0. The highest BCUT2D eigenvalue weighted by atomic mass is 16.2. The van der Waals surface area contributed by atoms with Gasteiger partial charge >= 0.3 is 0 Å². The van der Waals surface area contributed by atoms with Crippen molar-refractivity contribution in [2.45, 2.75) is 37.5 Å². The van der Waals surface area contributed by atoms with Crippen LogP contribution in [0.15, 0.2) is 54.6 Å². The smallest absolute Gasteiger partial charge is 0.227 e. The molecule has 26 heavy (non-hydrogen) atoms. The average Bonchev–Trinajstić information content (AvgIpc) is 3.35. The van der Waals surface area contributed by atoms with Crippen molar-refractivity contribution in [1.82, 2.24) is 5.32 Å². The Bertz CT molecular complexity index is 795. The van der Waals surface area contributed by atoms with Crippen molar-refractivity contribution in [3.05, 3.63) is 65.7 Å². The molecule has 2 aromatic carbocycles. The number of carbonyl (C=O) groups is 2. The molecule has 134 valence electrons. The van der Waals surface area contributed by atoms with E-state index in [2.05, 4.69) is 29.6 Å². The summed E-state index contributed by atoms with van der Waals surface area (Å²) in [6.45, 7) is 1.50. The summed E-state index contributed by atoms with van der Waals surface area (Å²) in [5, 5.41) is 3.11. The van der Waals surface area contributed by atoms with E-state index < -0.39 is 0 Å². The van der Waals surface area contributed by atoms with Gasteiger partial charge in [0.2, 0.25) is 11.8 Å². The van der Waals surface area contributed by atoms with E-state index >= 15 is 0 Å². The minimum absolute atomic E-state index is 0.0530. The molecule has 4 nitrogen and oxygen atoms in total. The zero-order valence-electron chi connectivity index (χ0n) is 14.9. The van der Waals surface area contributed by atoms with Crippen LogP contribution in [0.3, 0.4) is 0 Å². The number of hydrogen-bond acceptors (Lipinski definition) is 2. The summed E-state index contributed by atoms with van der Waals surface area (Å²) in [4.78, 5) is 26.0. The standard InChI is InChI=1S/C22H24N2O2/c25-20(23-16-22(12-13-22)18-5-2-1-3-6-18)15-17-8-10-19(11-9-17)24-14-4-7-21(24)26/h1-3,5-6,8-11H,4,7,12-16H2,(H,23,25). The van der Waals surface area contributed by atoms with Gasteiger partial charge in [-0.1, -0.05) is 42.5 Å². The molecule has 1 aliphatic carbocycles. The van der Waals surface area contributed by atoms with Gasteiger partial charge in [-0.15, -0.1) is 0 Å². The van der Waals surface area contributed by atoms with Crippen LogP contribution >= 0.6 is 0 Å². The molecule has 1 aliphatic heterocycles. The van der Waals surface area contributed by atoms with Crippen LogP contribution in [0.2, 0.25) is 0 Å². The van der Waals surface area contributed by atoms with E-state index in [0.29, 0.717) is 19.4 Å². The molecule has 4 rings (SSSR count). The Balaban J connectivity index is 1.32. The van der Waals surface area contributed by atoms with Crippen molar-refractivity contribution in [1.29, 1.82) is 0 Å². The lowest BCUT2D eigenvalue weighted by molar-refractivity contribution is -0.120. The van der Waals surface area contributed by atoms with Gasteiger partial charge in [-0.3, -0.25) is 9.59 Å². The molecule has 2 aliphatic rings. The van der Waals surface area contributed by atoms with E-state index in [1.54, 1.807) is 0 Å². The molecule has 2 aromatic rings. The summed E-state index contributed by atoms with van der Waals surface area (Å²) in [6, 6.07) is 18.2. The topological polar surface area (TPSA) is 49.4 Å². The molecule has 0 aromatic heterocycles. The Morgan fingerprint density at radius 1 is 1.04 bits per heavy atom. The van der Waals surface area contributed by atoms with E-state index in [1.165, 1.54) is 5.56 Å². The van der Waals surface area contributed by atoms with E-state index in [0.717, 1.165) is 37.1 Å². The van der Waals surface area contributed by atoms with Crippen LogP contribution in [-0.2, 0) is 21.4 Å². The molecule has 2 fully saturated rings. The number of nitrogens with zero attached hydrogens (tertiary/aromatic N) is 1. The molecule has 0 atom stereocenters. The first-order chi connectivity index (χ1) is 12.7. The Labute approximate surface area is 154 Å². The first kappa shape index (κ1) is 16.8. The van der Waals surface area contributed by atoms with Crippen molar-refractivity contribution in [2.75, 3.05) is 18.0 Å². The van der Waals surface area contributed by atoms with Gasteiger partial charge in [0.05, 0.1) is 6.42 Å². The largest absolute Gasteiger partial charge is 0.355 e. The third kappa shape index (κ3) is 3.50. The fourth-order valence-electron chi connectivity index (χ4n) is 3.74. The predicted molar refractivity (Wildman–Crippen MR) is 102 cm³/mol. The second-order valence-electron chi connectivity index (χ2n) is 7.42. The zero-order valence-corrected chi connectivity index (χ0v) is 14.9. The highest BCUT2D eigenvalue weighted by Gasteiger charge is 2.44. The number of amides is 2. The van der Waals surface area contributed by atoms with Crippen LogP contribution in [0, 0.1) is 0 Å². The average molecular weight is 348 g/mol. The lowest BCUT2D eigenvalue weighted by Crippen LogP contribution is -2.33. The highest BCUT2D eigenvalue weighted by Crippen LogP contribution is 2.47. The van der Waals surface area contributed by atoms with E-state index in [4.69, 9.17) is 0 Å². The SMILES string of the molecule is O=C(Cc1ccc(N2CCCC2=O)cc1)NCC1(c2ccccc2)CC1. The maximum atomic E-state index is 12.3. The van der Waals surface area contributed by atoms with Gasteiger partial charge in [0.25, 0.3) is 0 Å². The third-order valence-corrected chi connectivity index (χ3v) is 5.55. The number of benzene rings is 2. The van der Waals surface area contributed by atoms with Crippen molar-refractivity contribution in [3.63, 3.8) is 0 Å². The molecule has 0 bridgehead atoms. The first-order valence-electron chi connectivity index (χ1n) is 9.38. The molecule has 0 unspecified atom stereocenters. The lowest BCUT2D eigenvalue weighted by Gasteiger charge is -2.17. The lowest BCUT2D eigenvalue weighted by atomic mass is 9.96. The van der Waals surface area contributed by atoms with Gasteiger partial charge in [-0.2, -0.15) is 0 Å². The number of anilines is 1. The maximum Gasteiger partial charge on any atom is 0.227 e. The number of nitrogens with one attached hydrogen (secondary N) is 1. The minimum Gasteiger partial charge on any atom is -0.355 e. The van der Waals surface area contributed by atoms with Crippen molar-refractivity contribution in [3.8, 4) is 0 Å². The minimum atomic E-state index is 0.0530. The Kier molecular flexibility index (Phi) is 4.49. The van der Waals surface area contributed by atoms with Crippen molar-refractivity contribution < 1.29 is 9.59 Å². The highest BCUT2D eigenvalue weighted by molar-refractivity contribution is 5.95. The Morgan fingerprint density at radius 2 is 1.77 bits per heavy atom. The summed E-state index contributed by atoms with van der Waals surface area (Å²) in [7, 11) is 0. The molecule has 4 heteroatoms. The Hall–Kier alpha value is -2.62. The van der Waals surface area contributed by atoms with Crippen LogP contribution in [-0.4, -0.2) is 24.9 Å². The summed E-state index contributed by atoms with van der Waals surface area (Å²) in [5.41, 5.74) is 3.36. The summed E-state index contributed by atoms with van der Waals surface area (Å²) in [5.74, 6) is 0.239. The number of carbonyl (C=O) groups excluding carboxylic acids is 2. The van der Waals surface area contributed by atoms with Gasteiger partial charge < -0.3 is 10.2 Å². The first-order valence-corrected chi connectivity index (χ1v) is 9.38. The van der Waals surface area contributed by atoms with Gasteiger partial charge in [0.15, 0.2) is 0 Å². The van der Waals surface area contributed by atoms with Crippen LogP contribution < -0.4 is 10.2 Å². The number of hydrogen-bond donors (Lipinski definition) is 1. The fourth-order valence-corrected chi connectivity index (χ4v) is 3.74. The molecule has 1 heterocycles. The molecule has 1 N–H and O–H groups in total. The molecular weight excluding hydrogens is 324 g/mol. The molecule has 1 saturated carbocycles. The van der Waals surface area contributed by atoms with Gasteiger partial charge in [0.1, 0.15) is 0 Å². The Morgan fingerprint density at radius 3 is 2.38 bits per heavy atom. The molecule has 0 spiro atoms. The number of rotatable bonds is 6. The monoisotopic (exact) mass is 348 g/mol. The zero-order chi connectivity index (χ0) is 18.0. The molecular formula is C22H24N2O2. The van der Waals surface area contributed by atoms with Crippen molar-refractivity contribution in [2.24, 2.45) is 0 Å². The molecule has 1 saturated heterocycles. The normalized spacial score (nSPS) is 18.0. The van der Waals surface area contributed by atoms with E-state index in [9.17, 15) is 9.59 Å². The molecule has 2 amide bonds. The second-order valence-corrected chi connectivity index (χ2v) is 7.42. The van der Waals surface area contributed by atoms with Gasteiger partial charge in [-0.05, 0) is 42.5 Å². The second kappa shape index (κ2) is 6.94. The quantitative estimate of drug-likeness (QED) is 0.871. The van der Waals surface area contributed by atoms with Crippen molar-refractivity contribution >= 4 is 17.5 Å². The van der Waals surface area contributed by atoms with Crippen LogP contribution in [0.5, 0.6) is 0 Å². The third-order valence-electron chi connectivity index (χ3n) is 5.55. The van der Waals surface area contributed by atoms with Gasteiger partial charge in [-0.25, -0.2) is 0 Å². The van der Waals surface area contributed by atoms with Gasteiger partial charge in [0, 0.05) is 30.6 Å². The van der Waals surface area contributed by atoms with Crippen LogP contribution in [0.4, 0.5) is 5.69 Å². The van der Waals surface area contributed by atoms with Crippen LogP contribution in [0.1, 0.15) is 36.8 Å². The summed E-state index contributed by atoms with van der Waals surface area (Å²) in [6.07, 6.45) is 4.20. The fraction of sp³-hybridized carbons (Fsp3) is 0.364. The molecule has 0 radical (unpaired) electrons.